The number of piperidine rings is 1. The lowest BCUT2D eigenvalue weighted by molar-refractivity contribution is -0.117. The summed E-state index contributed by atoms with van der Waals surface area (Å²) in [7, 11) is 2.23. The van der Waals surface area contributed by atoms with E-state index in [2.05, 4.69) is 52.0 Å². The van der Waals surface area contributed by atoms with E-state index < -0.39 is 0 Å². The van der Waals surface area contributed by atoms with Crippen molar-refractivity contribution in [2.24, 2.45) is 5.92 Å². The molecule has 2 aliphatic rings. The van der Waals surface area contributed by atoms with E-state index in [1.54, 1.807) is 0 Å². The largest absolute Gasteiger partial charge is 0.362 e. The quantitative estimate of drug-likeness (QED) is 0.722. The highest BCUT2D eigenvalue weighted by atomic mass is 32.1. The lowest BCUT2D eigenvalue weighted by atomic mass is 9.72. The van der Waals surface area contributed by atoms with Crippen molar-refractivity contribution in [3.8, 4) is 0 Å². The number of benzene rings is 1. The van der Waals surface area contributed by atoms with E-state index in [4.69, 9.17) is 12.2 Å². The van der Waals surface area contributed by atoms with Crippen LogP contribution < -0.4 is 10.6 Å². The number of rotatable bonds is 2. The zero-order valence-corrected chi connectivity index (χ0v) is 15.5. The number of nitrogens with one attached hydrogen (secondary N) is 3. The maximum atomic E-state index is 11.1. The van der Waals surface area contributed by atoms with Crippen LogP contribution in [0.3, 0.4) is 0 Å². The Hall–Kier alpha value is -1.92. The van der Waals surface area contributed by atoms with Crippen molar-refractivity contribution in [1.29, 1.82) is 0 Å². The molecule has 1 aromatic carbocycles. The highest BCUT2D eigenvalue weighted by molar-refractivity contribution is 7.80. The highest BCUT2D eigenvalue weighted by Gasteiger charge is 2.39. The first kappa shape index (κ1) is 16.5. The van der Waals surface area contributed by atoms with E-state index in [0.29, 0.717) is 23.0 Å². The van der Waals surface area contributed by atoms with Crippen LogP contribution in [0.2, 0.25) is 0 Å². The van der Waals surface area contributed by atoms with Crippen LogP contribution in [0.25, 0.3) is 10.9 Å². The molecule has 25 heavy (non-hydrogen) atoms. The summed E-state index contributed by atoms with van der Waals surface area (Å²) in [6.45, 7) is 3.32. The molecule has 6 heteroatoms. The molecule has 0 bridgehead atoms. The standard InChI is InChI=1S/C19H24N4OS/c1-11(24)22-19(25)21-8-12-6-15-14-4-3-5-16-18(14)13(9-20-16)7-17(15)23(2)10-12/h3-5,9,12,15,17,20H,6-8,10H2,1-2H3,(H2,21,22,24,25)/t12-,15-,17-/m1/s1. The number of likely N-dealkylation sites (tertiary alicyclic amines) is 1. The molecular formula is C19H24N4OS. The Kier molecular flexibility index (Phi) is 4.25. The van der Waals surface area contributed by atoms with E-state index in [0.717, 1.165) is 25.9 Å². The zero-order chi connectivity index (χ0) is 17.6. The van der Waals surface area contributed by atoms with Crippen molar-refractivity contribution in [3.05, 3.63) is 35.5 Å². The number of H-pyrrole nitrogens is 1. The number of aromatic nitrogens is 1. The average Bonchev–Trinajstić information content (AvgIpc) is 2.98. The fourth-order valence-electron chi connectivity index (χ4n) is 4.64. The van der Waals surface area contributed by atoms with Crippen molar-refractivity contribution >= 4 is 34.1 Å². The van der Waals surface area contributed by atoms with E-state index in [1.807, 2.05) is 0 Å². The maximum Gasteiger partial charge on any atom is 0.222 e. The molecule has 2 aromatic rings. The molecule has 3 N–H and O–H groups in total. The molecule has 0 saturated carbocycles. The molecule has 4 rings (SSSR count). The molecule has 132 valence electrons. The fourth-order valence-corrected chi connectivity index (χ4v) is 4.87. The van der Waals surface area contributed by atoms with Gasteiger partial charge in [0.2, 0.25) is 5.91 Å². The van der Waals surface area contributed by atoms with Gasteiger partial charge in [0.15, 0.2) is 5.11 Å². The number of aromatic amines is 1. The lowest BCUT2D eigenvalue weighted by Crippen LogP contribution is -2.51. The molecule has 1 saturated heterocycles. The van der Waals surface area contributed by atoms with Gasteiger partial charge in [-0.25, -0.2) is 0 Å². The van der Waals surface area contributed by atoms with Crippen LogP contribution >= 0.6 is 12.2 Å². The number of amides is 1. The summed E-state index contributed by atoms with van der Waals surface area (Å²) in [5.41, 5.74) is 4.17. The highest BCUT2D eigenvalue weighted by Crippen LogP contribution is 2.44. The third-order valence-electron chi connectivity index (χ3n) is 5.65. The zero-order valence-electron chi connectivity index (χ0n) is 14.6. The molecule has 3 atom stereocenters. The van der Waals surface area contributed by atoms with Gasteiger partial charge in [0.25, 0.3) is 0 Å². The first-order chi connectivity index (χ1) is 12.0. The molecule has 0 radical (unpaired) electrons. The van der Waals surface area contributed by atoms with Gasteiger partial charge in [0.05, 0.1) is 0 Å². The molecular weight excluding hydrogens is 332 g/mol. The molecule has 1 fully saturated rings. The summed E-state index contributed by atoms with van der Waals surface area (Å²) in [5, 5.41) is 7.70. The van der Waals surface area contributed by atoms with Crippen LogP contribution in [-0.4, -0.2) is 47.1 Å². The minimum Gasteiger partial charge on any atom is -0.362 e. The predicted molar refractivity (Wildman–Crippen MR) is 104 cm³/mol. The maximum absolute atomic E-state index is 11.1. The number of thiocarbonyl (C=S) groups is 1. The predicted octanol–water partition coefficient (Wildman–Crippen LogP) is 2.14. The molecule has 5 nitrogen and oxygen atoms in total. The number of nitrogens with zero attached hydrogens (tertiary/aromatic N) is 1. The molecule has 0 unspecified atom stereocenters. The Balaban J connectivity index is 1.53. The van der Waals surface area contributed by atoms with Crippen LogP contribution in [0.4, 0.5) is 0 Å². The Morgan fingerprint density at radius 3 is 3.08 bits per heavy atom. The van der Waals surface area contributed by atoms with Crippen LogP contribution in [0.15, 0.2) is 24.4 Å². The van der Waals surface area contributed by atoms with Crippen LogP contribution in [0.1, 0.15) is 30.4 Å². The molecule has 1 aliphatic carbocycles. The summed E-state index contributed by atoms with van der Waals surface area (Å²) >= 11 is 5.17. The van der Waals surface area contributed by atoms with Crippen molar-refractivity contribution in [1.82, 2.24) is 20.5 Å². The Labute approximate surface area is 153 Å². The van der Waals surface area contributed by atoms with E-state index in [1.165, 1.54) is 29.0 Å². The monoisotopic (exact) mass is 356 g/mol. The summed E-state index contributed by atoms with van der Waals surface area (Å²) in [6, 6.07) is 7.18. The number of hydrogen-bond donors (Lipinski definition) is 3. The molecule has 1 aliphatic heterocycles. The SMILES string of the molecule is CC(=O)NC(=S)NC[C@H]1C[C@@H]2c3cccc4[nH]cc(c34)C[C@H]2N(C)C1. The normalized spacial score (nSPS) is 25.4. The summed E-state index contributed by atoms with van der Waals surface area (Å²) in [6.07, 6.45) is 4.44. The second-order valence-electron chi connectivity index (χ2n) is 7.39. The molecule has 2 heterocycles. The van der Waals surface area contributed by atoms with Gasteiger partial charge in [-0.1, -0.05) is 12.1 Å². The minimum atomic E-state index is -0.128. The lowest BCUT2D eigenvalue weighted by Gasteiger charge is -2.45. The van der Waals surface area contributed by atoms with Gasteiger partial charge in [-0.05, 0) is 55.2 Å². The van der Waals surface area contributed by atoms with Gasteiger partial charge in [-0.15, -0.1) is 0 Å². The second-order valence-corrected chi connectivity index (χ2v) is 7.80. The van der Waals surface area contributed by atoms with Crippen molar-refractivity contribution in [2.45, 2.75) is 31.7 Å². The Morgan fingerprint density at radius 1 is 1.44 bits per heavy atom. The number of carbonyl (C=O) groups is 1. The average molecular weight is 356 g/mol. The Morgan fingerprint density at radius 2 is 2.28 bits per heavy atom. The first-order valence-electron chi connectivity index (χ1n) is 8.87. The van der Waals surface area contributed by atoms with Crippen LogP contribution in [0, 0.1) is 5.92 Å². The van der Waals surface area contributed by atoms with E-state index in [-0.39, 0.29) is 5.91 Å². The van der Waals surface area contributed by atoms with Gasteiger partial charge in [-0.2, -0.15) is 0 Å². The van der Waals surface area contributed by atoms with Crippen molar-refractivity contribution < 1.29 is 4.79 Å². The molecule has 0 spiro atoms. The number of fused-ring (bicyclic) bond motifs is 2. The van der Waals surface area contributed by atoms with Crippen LogP contribution in [-0.2, 0) is 11.2 Å². The summed E-state index contributed by atoms with van der Waals surface area (Å²) < 4.78 is 0. The van der Waals surface area contributed by atoms with Crippen molar-refractivity contribution in [3.63, 3.8) is 0 Å². The third kappa shape index (κ3) is 3.04. The van der Waals surface area contributed by atoms with Gasteiger partial charge in [0.1, 0.15) is 0 Å². The number of likely N-dealkylation sites (N-methyl/N-ethyl adjacent to an activating group) is 1. The fraction of sp³-hybridized carbons (Fsp3) is 0.474. The second kappa shape index (κ2) is 6.42. The molecule has 1 amide bonds. The van der Waals surface area contributed by atoms with Gasteiger partial charge < -0.3 is 20.5 Å². The molecule has 1 aromatic heterocycles. The van der Waals surface area contributed by atoms with Gasteiger partial charge in [0, 0.05) is 49.1 Å². The Bertz CT molecular complexity index is 830. The summed E-state index contributed by atoms with van der Waals surface area (Å²) in [4.78, 5) is 17.0. The third-order valence-corrected chi connectivity index (χ3v) is 5.90. The van der Waals surface area contributed by atoms with Gasteiger partial charge >= 0.3 is 0 Å². The minimum absolute atomic E-state index is 0.128. The van der Waals surface area contributed by atoms with E-state index >= 15 is 0 Å². The number of hydrogen-bond acceptors (Lipinski definition) is 3. The van der Waals surface area contributed by atoms with E-state index in [9.17, 15) is 4.79 Å². The number of carbonyl (C=O) groups excluding carboxylic acids is 1. The summed E-state index contributed by atoms with van der Waals surface area (Å²) in [5.74, 6) is 0.929. The van der Waals surface area contributed by atoms with Gasteiger partial charge in [-0.3, -0.25) is 4.79 Å². The first-order valence-corrected chi connectivity index (χ1v) is 9.28. The smallest absolute Gasteiger partial charge is 0.222 e. The van der Waals surface area contributed by atoms with Crippen molar-refractivity contribution in [2.75, 3.05) is 20.1 Å². The van der Waals surface area contributed by atoms with Crippen LogP contribution in [0.5, 0.6) is 0 Å². The topological polar surface area (TPSA) is 60.2 Å².